The molecule has 3 N–H and O–H groups in total. The predicted molar refractivity (Wildman–Crippen MR) is 102 cm³/mol. The normalized spacial score (nSPS) is 60.6. The lowest BCUT2D eigenvalue weighted by Crippen LogP contribution is -2.71. The van der Waals surface area contributed by atoms with Gasteiger partial charge in [0.2, 0.25) is 6.29 Å². The first kappa shape index (κ1) is 19.0. The number of rotatable bonds is 1. The molecule has 0 spiro atoms. The van der Waals surface area contributed by atoms with Crippen LogP contribution in [0.1, 0.15) is 71.1 Å². The van der Waals surface area contributed by atoms with Crippen LogP contribution in [0.25, 0.3) is 0 Å². The first-order valence-electron chi connectivity index (χ1n) is 11.7. The fraction of sp³-hybridized carbons (Fsp3) is 0.957. The van der Waals surface area contributed by atoms with Gasteiger partial charge in [-0.05, 0) is 69.1 Å². The highest BCUT2D eigenvalue weighted by Gasteiger charge is 2.75. The molecule has 2 bridgehead atoms. The summed E-state index contributed by atoms with van der Waals surface area (Å²) in [7, 11) is 0. The number of ether oxygens (including phenoxy) is 2. The van der Waals surface area contributed by atoms with E-state index in [1.807, 2.05) is 0 Å². The zero-order chi connectivity index (χ0) is 20.2. The Morgan fingerprint density at radius 1 is 1.03 bits per heavy atom. The van der Waals surface area contributed by atoms with E-state index < -0.39 is 23.4 Å². The number of aliphatic hydroxyl groups is 3. The van der Waals surface area contributed by atoms with E-state index in [2.05, 4.69) is 6.92 Å². The molecule has 0 aromatic heterocycles. The Morgan fingerprint density at radius 3 is 2.59 bits per heavy atom. The Balaban J connectivity index is 1.42. The molecule has 2 saturated heterocycles. The standard InChI is InChI=1S/C23H34O6/c1-20-6-3-16-17(4-8-22(27)11-13(25)2-7-21(16,22)12-24)23(20)9-5-15(20)14-10-18(26)28-19(14)29-23/h13-17,19,24-25,27H,2-12H2,1H3/t13-,14-,15+,16-,17+,19+,20+,21-,22+,23+/m0/s1. The topological polar surface area (TPSA) is 96.2 Å². The Bertz CT molecular complexity index is 741. The largest absolute Gasteiger partial charge is 0.435 e. The number of aliphatic hydroxyl groups excluding tert-OH is 2. The highest BCUT2D eigenvalue weighted by molar-refractivity contribution is 5.72. The van der Waals surface area contributed by atoms with E-state index in [0.29, 0.717) is 38.0 Å². The molecule has 4 saturated carbocycles. The van der Waals surface area contributed by atoms with Crippen LogP contribution < -0.4 is 0 Å². The minimum atomic E-state index is -1.00. The number of hydrogen-bond acceptors (Lipinski definition) is 6. The molecule has 6 aliphatic rings. The van der Waals surface area contributed by atoms with Gasteiger partial charge in [-0.1, -0.05) is 6.92 Å². The molecule has 0 unspecified atom stereocenters. The molecule has 10 atom stereocenters. The summed E-state index contributed by atoms with van der Waals surface area (Å²) in [6, 6.07) is 0. The van der Waals surface area contributed by atoms with Crippen LogP contribution in [0.2, 0.25) is 0 Å². The van der Waals surface area contributed by atoms with Crippen LogP contribution in [0, 0.1) is 34.5 Å². The van der Waals surface area contributed by atoms with Gasteiger partial charge >= 0.3 is 5.97 Å². The second-order valence-electron chi connectivity index (χ2n) is 11.3. The van der Waals surface area contributed by atoms with Crippen molar-refractivity contribution >= 4 is 5.97 Å². The summed E-state index contributed by atoms with van der Waals surface area (Å²) in [6.45, 7) is 2.34. The first-order chi connectivity index (χ1) is 13.8. The van der Waals surface area contributed by atoms with Crippen LogP contribution in [0.5, 0.6) is 0 Å². The molecule has 0 aromatic carbocycles. The van der Waals surface area contributed by atoms with Crippen molar-refractivity contribution < 1.29 is 29.6 Å². The molecular formula is C23H34O6. The first-order valence-corrected chi connectivity index (χ1v) is 11.7. The summed E-state index contributed by atoms with van der Waals surface area (Å²) in [4.78, 5) is 12.0. The van der Waals surface area contributed by atoms with Crippen LogP contribution >= 0.6 is 0 Å². The molecule has 29 heavy (non-hydrogen) atoms. The second-order valence-corrected chi connectivity index (χ2v) is 11.3. The van der Waals surface area contributed by atoms with Crippen LogP contribution in [0.3, 0.4) is 0 Å². The molecule has 6 rings (SSSR count). The molecule has 6 fully saturated rings. The lowest BCUT2D eigenvalue weighted by atomic mass is 9.41. The van der Waals surface area contributed by atoms with Crippen molar-refractivity contribution in [3.8, 4) is 0 Å². The van der Waals surface area contributed by atoms with E-state index in [1.54, 1.807) is 0 Å². The van der Waals surface area contributed by atoms with Gasteiger partial charge < -0.3 is 24.8 Å². The lowest BCUT2D eigenvalue weighted by Gasteiger charge is -2.68. The summed E-state index contributed by atoms with van der Waals surface area (Å²) in [6.07, 6.45) is 6.76. The minimum absolute atomic E-state index is 0.0313. The SMILES string of the molecule is C[C@]12CC[C@H]3[C@@H](CC[C@@]4(O)C[C@@H](O)CC[C@]34CO)[C@]13CC[C@@H]2[C@@H]1CC(=O)O[C@@H]1O3. The van der Waals surface area contributed by atoms with Crippen molar-refractivity contribution in [1.29, 1.82) is 0 Å². The number of hydrogen-bond donors (Lipinski definition) is 3. The Labute approximate surface area is 172 Å². The molecule has 162 valence electrons. The van der Waals surface area contributed by atoms with Crippen molar-refractivity contribution in [1.82, 2.24) is 0 Å². The zero-order valence-electron chi connectivity index (χ0n) is 17.3. The van der Waals surface area contributed by atoms with Gasteiger partial charge in [-0.15, -0.1) is 0 Å². The molecule has 0 aromatic rings. The Morgan fingerprint density at radius 2 is 1.79 bits per heavy atom. The Kier molecular flexibility index (Phi) is 3.78. The smallest absolute Gasteiger partial charge is 0.308 e. The maximum atomic E-state index is 12.0. The van der Waals surface area contributed by atoms with Crippen molar-refractivity contribution in [2.45, 2.75) is 94.7 Å². The van der Waals surface area contributed by atoms with Gasteiger partial charge in [0.1, 0.15) is 0 Å². The van der Waals surface area contributed by atoms with Gasteiger partial charge in [0.15, 0.2) is 0 Å². The summed E-state index contributed by atoms with van der Waals surface area (Å²) in [5.41, 5.74) is -1.86. The van der Waals surface area contributed by atoms with Gasteiger partial charge in [0.05, 0.1) is 30.3 Å². The van der Waals surface area contributed by atoms with E-state index in [-0.39, 0.29) is 41.3 Å². The van der Waals surface area contributed by atoms with Crippen molar-refractivity contribution in [2.75, 3.05) is 6.61 Å². The van der Waals surface area contributed by atoms with Gasteiger partial charge in [-0.25, -0.2) is 0 Å². The molecule has 0 amide bonds. The number of fused-ring (bicyclic) bond motifs is 5. The third-order valence-electron chi connectivity index (χ3n) is 10.8. The molecular weight excluding hydrogens is 372 g/mol. The minimum Gasteiger partial charge on any atom is -0.435 e. The van der Waals surface area contributed by atoms with Crippen LogP contribution in [-0.2, 0) is 14.3 Å². The third kappa shape index (κ3) is 2.05. The molecule has 6 nitrogen and oxygen atoms in total. The lowest BCUT2D eigenvalue weighted by molar-refractivity contribution is -0.335. The van der Waals surface area contributed by atoms with E-state index in [4.69, 9.17) is 9.47 Å². The van der Waals surface area contributed by atoms with Crippen molar-refractivity contribution in [3.05, 3.63) is 0 Å². The van der Waals surface area contributed by atoms with E-state index >= 15 is 0 Å². The molecule has 2 aliphatic heterocycles. The molecule has 2 heterocycles. The zero-order valence-corrected chi connectivity index (χ0v) is 17.3. The number of carbonyl (C=O) groups is 1. The van der Waals surface area contributed by atoms with Crippen LogP contribution in [0.15, 0.2) is 0 Å². The highest BCUT2D eigenvalue weighted by atomic mass is 16.7. The highest BCUT2D eigenvalue weighted by Crippen LogP contribution is 2.74. The van der Waals surface area contributed by atoms with E-state index in [1.165, 1.54) is 0 Å². The number of carbonyl (C=O) groups excluding carboxylic acids is 1. The van der Waals surface area contributed by atoms with Crippen LogP contribution in [-0.4, -0.2) is 51.5 Å². The Hall–Kier alpha value is -0.690. The van der Waals surface area contributed by atoms with Crippen molar-refractivity contribution in [3.63, 3.8) is 0 Å². The third-order valence-corrected chi connectivity index (χ3v) is 10.8. The van der Waals surface area contributed by atoms with E-state index in [0.717, 1.165) is 32.1 Å². The van der Waals surface area contributed by atoms with Gasteiger partial charge in [-0.3, -0.25) is 4.79 Å². The molecule has 6 heteroatoms. The molecule has 4 aliphatic carbocycles. The second kappa shape index (κ2) is 5.76. The summed E-state index contributed by atoms with van der Waals surface area (Å²) < 4.78 is 12.4. The average molecular weight is 407 g/mol. The average Bonchev–Trinajstić information content (AvgIpc) is 3.13. The fourth-order valence-corrected chi connectivity index (χ4v) is 9.51. The van der Waals surface area contributed by atoms with Crippen molar-refractivity contribution in [2.24, 2.45) is 34.5 Å². The van der Waals surface area contributed by atoms with Gasteiger partial charge in [0.25, 0.3) is 0 Å². The quantitative estimate of drug-likeness (QED) is 0.578. The maximum absolute atomic E-state index is 12.0. The van der Waals surface area contributed by atoms with Gasteiger partial charge in [0, 0.05) is 23.2 Å². The molecule has 0 radical (unpaired) electrons. The summed E-state index contributed by atoms with van der Waals surface area (Å²) in [5.74, 6) is 0.935. The summed E-state index contributed by atoms with van der Waals surface area (Å²) >= 11 is 0. The van der Waals surface area contributed by atoms with Gasteiger partial charge in [-0.2, -0.15) is 0 Å². The number of esters is 1. The maximum Gasteiger partial charge on any atom is 0.308 e. The fourth-order valence-electron chi connectivity index (χ4n) is 9.51. The van der Waals surface area contributed by atoms with E-state index in [9.17, 15) is 20.1 Å². The van der Waals surface area contributed by atoms with Crippen LogP contribution in [0.4, 0.5) is 0 Å². The predicted octanol–water partition coefficient (Wildman–Crippen LogP) is 2.14. The monoisotopic (exact) mass is 406 g/mol. The summed E-state index contributed by atoms with van der Waals surface area (Å²) in [5, 5.41) is 32.5.